The summed E-state index contributed by atoms with van der Waals surface area (Å²) < 4.78 is 12.9. The van der Waals surface area contributed by atoms with E-state index in [1.54, 1.807) is 13.3 Å². The van der Waals surface area contributed by atoms with E-state index in [1.165, 1.54) is 24.6 Å². The van der Waals surface area contributed by atoms with Crippen molar-refractivity contribution < 1.29 is 13.9 Å². The first-order valence-corrected chi connectivity index (χ1v) is 10.2. The number of ether oxygens (including phenoxy) is 1. The van der Waals surface area contributed by atoms with Crippen molar-refractivity contribution in [3.63, 3.8) is 0 Å². The number of hydrogen-bond acceptors (Lipinski definition) is 7. The molecule has 2 aromatic heterocycles. The second-order valence-corrected chi connectivity index (χ2v) is 7.44. The van der Waals surface area contributed by atoms with Gasteiger partial charge in [-0.25, -0.2) is 4.68 Å². The molecule has 1 aromatic carbocycles. The summed E-state index contributed by atoms with van der Waals surface area (Å²) in [5.41, 5.74) is 0.717. The van der Waals surface area contributed by atoms with Crippen LogP contribution in [0.4, 0.5) is 5.82 Å². The second-order valence-electron chi connectivity index (χ2n) is 6.51. The minimum absolute atomic E-state index is 0.137. The van der Waals surface area contributed by atoms with Gasteiger partial charge in [0.05, 0.1) is 30.7 Å². The van der Waals surface area contributed by atoms with Gasteiger partial charge in [0.2, 0.25) is 5.91 Å². The number of benzene rings is 1. The molecule has 8 nitrogen and oxygen atoms in total. The van der Waals surface area contributed by atoms with Gasteiger partial charge in [-0.3, -0.25) is 4.79 Å². The Kier molecular flexibility index (Phi) is 5.61. The number of nitrogens with zero attached hydrogens (tertiary/aromatic N) is 4. The molecule has 0 spiro atoms. The van der Waals surface area contributed by atoms with Crippen LogP contribution in [0.5, 0.6) is 5.75 Å². The number of hydrogen-bond donors (Lipinski definition) is 1. The van der Waals surface area contributed by atoms with Crippen LogP contribution >= 0.6 is 11.8 Å². The summed E-state index contributed by atoms with van der Waals surface area (Å²) in [7, 11) is 1.59. The van der Waals surface area contributed by atoms with Crippen LogP contribution in [-0.2, 0) is 4.79 Å². The van der Waals surface area contributed by atoms with Crippen molar-refractivity contribution in [3.05, 3.63) is 36.5 Å². The zero-order valence-electron chi connectivity index (χ0n) is 15.5. The van der Waals surface area contributed by atoms with Crippen LogP contribution in [0, 0.1) is 0 Å². The quantitative estimate of drug-likeness (QED) is 0.604. The molecule has 1 amide bonds. The van der Waals surface area contributed by atoms with E-state index in [4.69, 9.17) is 9.15 Å². The van der Waals surface area contributed by atoms with E-state index in [2.05, 4.69) is 20.6 Å². The van der Waals surface area contributed by atoms with Crippen LogP contribution in [0.3, 0.4) is 0 Å². The third-order valence-electron chi connectivity index (χ3n) is 4.68. The lowest BCUT2D eigenvalue weighted by molar-refractivity contribution is -0.113. The van der Waals surface area contributed by atoms with Crippen molar-refractivity contribution in [3.8, 4) is 17.2 Å². The van der Waals surface area contributed by atoms with Gasteiger partial charge in [-0.1, -0.05) is 36.7 Å². The van der Waals surface area contributed by atoms with E-state index < -0.39 is 0 Å². The first kappa shape index (κ1) is 18.5. The monoisotopic (exact) mass is 399 g/mol. The number of anilines is 1. The van der Waals surface area contributed by atoms with Crippen molar-refractivity contribution >= 4 is 23.5 Å². The summed E-state index contributed by atoms with van der Waals surface area (Å²) in [6.45, 7) is 0. The SMILES string of the molecule is COc1ccccc1-c1nnc(SCC(=O)Nc2ccnn2C2CCCC2)o1. The largest absolute Gasteiger partial charge is 0.496 e. The van der Waals surface area contributed by atoms with Crippen LogP contribution in [0.25, 0.3) is 11.5 Å². The predicted molar refractivity (Wildman–Crippen MR) is 105 cm³/mol. The molecule has 1 saturated carbocycles. The van der Waals surface area contributed by atoms with Crippen molar-refractivity contribution in [1.82, 2.24) is 20.0 Å². The van der Waals surface area contributed by atoms with Gasteiger partial charge >= 0.3 is 0 Å². The van der Waals surface area contributed by atoms with E-state index in [9.17, 15) is 4.79 Å². The van der Waals surface area contributed by atoms with Crippen LogP contribution < -0.4 is 10.1 Å². The van der Waals surface area contributed by atoms with Crippen molar-refractivity contribution in [2.24, 2.45) is 0 Å². The Morgan fingerprint density at radius 1 is 1.29 bits per heavy atom. The molecule has 9 heteroatoms. The Labute approximate surface area is 166 Å². The fourth-order valence-electron chi connectivity index (χ4n) is 3.36. The molecule has 1 fully saturated rings. The van der Waals surface area contributed by atoms with Crippen LogP contribution in [0.15, 0.2) is 46.2 Å². The minimum Gasteiger partial charge on any atom is -0.496 e. The first-order chi connectivity index (χ1) is 13.7. The smallest absolute Gasteiger partial charge is 0.277 e. The molecule has 0 bridgehead atoms. The van der Waals surface area contributed by atoms with Gasteiger partial charge in [-0.15, -0.1) is 10.2 Å². The highest BCUT2D eigenvalue weighted by Crippen LogP contribution is 2.32. The molecule has 0 atom stereocenters. The van der Waals surface area contributed by atoms with E-state index in [-0.39, 0.29) is 11.7 Å². The van der Waals surface area contributed by atoms with E-state index in [0.29, 0.717) is 28.5 Å². The molecule has 0 aliphatic heterocycles. The Bertz CT molecular complexity index is 948. The standard InChI is InChI=1S/C19H21N5O3S/c1-26-15-9-5-4-8-14(15)18-22-23-19(27-18)28-12-17(25)21-16-10-11-20-24(16)13-6-2-3-7-13/h4-5,8-11,13H,2-3,6-7,12H2,1H3,(H,21,25). The minimum atomic E-state index is -0.137. The molecule has 4 rings (SSSR count). The number of aromatic nitrogens is 4. The highest BCUT2D eigenvalue weighted by molar-refractivity contribution is 7.99. The number of thioether (sulfide) groups is 1. The highest BCUT2D eigenvalue weighted by Gasteiger charge is 2.21. The average Bonchev–Trinajstić information content (AvgIpc) is 3.47. The van der Waals surface area contributed by atoms with Gasteiger partial charge in [0.15, 0.2) is 0 Å². The third kappa shape index (κ3) is 4.04. The van der Waals surface area contributed by atoms with Gasteiger partial charge < -0.3 is 14.5 Å². The number of rotatable bonds is 7. The maximum Gasteiger partial charge on any atom is 0.277 e. The summed E-state index contributed by atoms with van der Waals surface area (Å²) in [4.78, 5) is 12.3. The number of carbonyl (C=O) groups excluding carboxylic acids is 1. The third-order valence-corrected chi connectivity index (χ3v) is 5.50. The summed E-state index contributed by atoms with van der Waals surface area (Å²) in [6.07, 6.45) is 6.34. The van der Waals surface area contributed by atoms with Crippen molar-refractivity contribution in [2.45, 2.75) is 36.9 Å². The number of para-hydroxylation sites is 1. The number of nitrogens with one attached hydrogen (secondary N) is 1. The topological polar surface area (TPSA) is 95.1 Å². The maximum absolute atomic E-state index is 12.3. The normalized spacial score (nSPS) is 14.3. The number of carbonyl (C=O) groups is 1. The zero-order chi connectivity index (χ0) is 19.3. The molecule has 1 N–H and O–H groups in total. The van der Waals surface area contributed by atoms with E-state index in [1.807, 2.05) is 35.0 Å². The summed E-state index contributed by atoms with van der Waals surface area (Å²) in [5, 5.41) is 15.7. The molecule has 3 aromatic rings. The van der Waals surface area contributed by atoms with Crippen LogP contribution in [-0.4, -0.2) is 38.7 Å². The predicted octanol–water partition coefficient (Wildman–Crippen LogP) is 3.79. The molecule has 2 heterocycles. The number of methoxy groups -OCH3 is 1. The summed E-state index contributed by atoms with van der Waals surface area (Å²) >= 11 is 1.19. The van der Waals surface area contributed by atoms with Crippen molar-refractivity contribution in [1.29, 1.82) is 0 Å². The lowest BCUT2D eigenvalue weighted by Crippen LogP contribution is -2.19. The van der Waals surface area contributed by atoms with Gasteiger partial charge in [-0.2, -0.15) is 5.10 Å². The fourth-order valence-corrected chi connectivity index (χ4v) is 3.92. The summed E-state index contributed by atoms with van der Waals surface area (Å²) in [6, 6.07) is 9.61. The Balaban J connectivity index is 1.36. The molecular weight excluding hydrogens is 378 g/mol. The highest BCUT2D eigenvalue weighted by atomic mass is 32.2. The van der Waals surface area contributed by atoms with Crippen LogP contribution in [0.2, 0.25) is 0 Å². The Hall–Kier alpha value is -2.81. The maximum atomic E-state index is 12.3. The Morgan fingerprint density at radius 3 is 2.93 bits per heavy atom. The molecule has 0 radical (unpaired) electrons. The molecule has 1 aliphatic carbocycles. The van der Waals surface area contributed by atoms with Crippen LogP contribution in [0.1, 0.15) is 31.7 Å². The van der Waals surface area contributed by atoms with Gasteiger partial charge in [-0.05, 0) is 25.0 Å². The molecule has 146 valence electrons. The van der Waals surface area contributed by atoms with Crippen molar-refractivity contribution in [2.75, 3.05) is 18.2 Å². The molecule has 0 saturated heterocycles. The first-order valence-electron chi connectivity index (χ1n) is 9.17. The lowest BCUT2D eigenvalue weighted by Gasteiger charge is -2.14. The molecule has 1 aliphatic rings. The second kappa shape index (κ2) is 8.47. The fraction of sp³-hybridized carbons (Fsp3) is 0.368. The molecular formula is C19H21N5O3S. The van der Waals surface area contributed by atoms with Gasteiger partial charge in [0.25, 0.3) is 11.1 Å². The van der Waals surface area contributed by atoms with Gasteiger partial charge in [0, 0.05) is 6.07 Å². The lowest BCUT2D eigenvalue weighted by atomic mass is 10.2. The van der Waals surface area contributed by atoms with E-state index >= 15 is 0 Å². The summed E-state index contributed by atoms with van der Waals surface area (Å²) in [5.74, 6) is 1.78. The average molecular weight is 399 g/mol. The van der Waals surface area contributed by atoms with E-state index in [0.717, 1.165) is 18.7 Å². The zero-order valence-corrected chi connectivity index (χ0v) is 16.3. The number of amides is 1. The Morgan fingerprint density at radius 2 is 2.11 bits per heavy atom. The van der Waals surface area contributed by atoms with Gasteiger partial charge in [0.1, 0.15) is 11.6 Å². The molecule has 28 heavy (non-hydrogen) atoms. The molecule has 0 unspecified atom stereocenters.